The molecular weight excluding hydrogens is 465 g/mol. The number of imide groups is 1. The summed E-state index contributed by atoms with van der Waals surface area (Å²) in [4.78, 5) is 26.9. The molecule has 1 aliphatic carbocycles. The fourth-order valence-corrected chi connectivity index (χ4v) is 5.66. The Labute approximate surface area is 197 Å². The number of amides is 3. The average molecular weight is 492 g/mol. The van der Waals surface area contributed by atoms with E-state index in [1.54, 1.807) is 12.1 Å². The highest BCUT2D eigenvalue weighted by molar-refractivity contribution is 7.89. The van der Waals surface area contributed by atoms with E-state index in [1.165, 1.54) is 43.5 Å². The Kier molecular flexibility index (Phi) is 6.76. The van der Waals surface area contributed by atoms with Gasteiger partial charge in [0.25, 0.3) is 5.91 Å². The molecule has 1 heterocycles. The maximum absolute atomic E-state index is 13.2. The molecule has 2 N–H and O–H groups in total. The number of hydrogen-bond acceptors (Lipinski definition) is 6. The van der Waals surface area contributed by atoms with E-state index in [0.29, 0.717) is 30.8 Å². The van der Waals surface area contributed by atoms with Crippen molar-refractivity contribution in [3.05, 3.63) is 54.3 Å². The molecule has 0 unspecified atom stereocenters. The number of urea groups is 1. The normalized spacial score (nSPS) is 22.6. The van der Waals surface area contributed by atoms with Gasteiger partial charge in [-0.1, -0.05) is 0 Å². The van der Waals surface area contributed by atoms with Crippen LogP contribution in [0.1, 0.15) is 25.7 Å². The van der Waals surface area contributed by atoms with Crippen LogP contribution in [-0.2, 0) is 14.8 Å². The topological polar surface area (TPSA) is 114 Å². The number of ether oxygens (including phenoxy) is 2. The van der Waals surface area contributed by atoms with Crippen LogP contribution in [0.3, 0.4) is 0 Å². The minimum atomic E-state index is -3.81. The molecule has 4 rings (SSSR count). The number of nitrogens with one attached hydrogen (secondary N) is 2. The molecule has 182 valence electrons. The van der Waals surface area contributed by atoms with Crippen LogP contribution in [0.4, 0.5) is 9.18 Å². The summed E-state index contributed by atoms with van der Waals surface area (Å²) in [6.07, 6.45) is 1.70. The highest BCUT2D eigenvalue weighted by Gasteiger charge is 2.53. The van der Waals surface area contributed by atoms with Crippen molar-refractivity contribution in [2.45, 2.75) is 42.2 Å². The molecule has 2 fully saturated rings. The van der Waals surface area contributed by atoms with Crippen molar-refractivity contribution >= 4 is 22.0 Å². The highest BCUT2D eigenvalue weighted by Crippen LogP contribution is 2.34. The fraction of sp³-hybridized carbons (Fsp3) is 0.391. The SMILES string of the molecule is COc1ccc(S(=O)(=O)N[C@H]2CCC[C@@]3(C2)NC(=O)N(CCOc2ccc(F)cc2)C3=O)cc1. The van der Waals surface area contributed by atoms with Gasteiger partial charge in [-0.25, -0.2) is 22.3 Å². The number of benzene rings is 2. The third kappa shape index (κ3) is 5.00. The molecular formula is C23H26FN3O6S. The van der Waals surface area contributed by atoms with Gasteiger partial charge in [0.2, 0.25) is 10.0 Å². The lowest BCUT2D eigenvalue weighted by Crippen LogP contribution is -2.55. The van der Waals surface area contributed by atoms with Gasteiger partial charge >= 0.3 is 6.03 Å². The van der Waals surface area contributed by atoms with E-state index < -0.39 is 39.4 Å². The first-order valence-electron chi connectivity index (χ1n) is 10.9. The van der Waals surface area contributed by atoms with Crippen LogP contribution in [0.15, 0.2) is 53.4 Å². The highest BCUT2D eigenvalue weighted by atomic mass is 32.2. The Hall–Kier alpha value is -3.18. The molecule has 1 aliphatic heterocycles. The van der Waals surface area contributed by atoms with E-state index in [2.05, 4.69) is 10.0 Å². The Morgan fingerprint density at radius 1 is 1.12 bits per heavy atom. The zero-order valence-corrected chi connectivity index (χ0v) is 19.4. The lowest BCUT2D eigenvalue weighted by Gasteiger charge is -2.36. The minimum Gasteiger partial charge on any atom is -0.497 e. The van der Waals surface area contributed by atoms with Gasteiger partial charge in [0.1, 0.15) is 29.5 Å². The smallest absolute Gasteiger partial charge is 0.325 e. The number of hydrogen-bond donors (Lipinski definition) is 2. The first kappa shape index (κ1) is 24.0. The number of nitrogens with zero attached hydrogens (tertiary/aromatic N) is 1. The van der Waals surface area contributed by atoms with Crippen LogP contribution >= 0.6 is 0 Å². The van der Waals surface area contributed by atoms with Gasteiger partial charge in [0.15, 0.2) is 0 Å². The second kappa shape index (κ2) is 9.59. The van der Waals surface area contributed by atoms with Gasteiger partial charge in [-0.3, -0.25) is 9.69 Å². The van der Waals surface area contributed by atoms with Crippen molar-refractivity contribution in [1.82, 2.24) is 14.9 Å². The number of sulfonamides is 1. The van der Waals surface area contributed by atoms with Gasteiger partial charge < -0.3 is 14.8 Å². The quantitative estimate of drug-likeness (QED) is 0.549. The van der Waals surface area contributed by atoms with E-state index in [-0.39, 0.29) is 24.5 Å². The number of carbonyl (C=O) groups is 2. The molecule has 1 spiro atoms. The lowest BCUT2D eigenvalue weighted by molar-refractivity contribution is -0.132. The zero-order valence-electron chi connectivity index (χ0n) is 18.6. The third-order valence-corrected chi connectivity index (χ3v) is 7.62. The Morgan fingerprint density at radius 2 is 1.79 bits per heavy atom. The molecule has 11 heteroatoms. The van der Waals surface area contributed by atoms with Crippen LogP contribution in [0.5, 0.6) is 11.5 Å². The monoisotopic (exact) mass is 491 g/mol. The molecule has 34 heavy (non-hydrogen) atoms. The summed E-state index contributed by atoms with van der Waals surface area (Å²) in [6, 6.07) is 10.4. The van der Waals surface area contributed by atoms with Crippen LogP contribution in [0, 0.1) is 5.82 Å². The molecule has 2 atom stereocenters. The van der Waals surface area contributed by atoms with E-state index >= 15 is 0 Å². The number of halogens is 1. The first-order chi connectivity index (χ1) is 16.2. The van der Waals surface area contributed by atoms with Crippen LogP contribution < -0.4 is 19.5 Å². The predicted molar refractivity (Wildman–Crippen MR) is 120 cm³/mol. The second-order valence-electron chi connectivity index (χ2n) is 8.36. The van der Waals surface area contributed by atoms with Crippen molar-refractivity contribution in [3.63, 3.8) is 0 Å². The molecule has 0 aromatic heterocycles. The molecule has 9 nitrogen and oxygen atoms in total. The van der Waals surface area contributed by atoms with Gasteiger partial charge in [-0.15, -0.1) is 0 Å². The zero-order chi connectivity index (χ0) is 24.3. The standard InChI is InChI=1S/C23H26FN3O6S/c1-32-18-8-10-20(11-9-18)34(30,31)26-17-3-2-12-23(15-17)21(28)27(22(29)25-23)13-14-33-19-6-4-16(24)5-7-19/h4-11,17,26H,2-3,12-15H2,1H3,(H,25,29)/t17-,23-/m0/s1. The van der Waals surface area contributed by atoms with Gasteiger partial charge in [-0.2, -0.15) is 0 Å². The van der Waals surface area contributed by atoms with E-state index in [4.69, 9.17) is 9.47 Å². The molecule has 2 aromatic rings. The van der Waals surface area contributed by atoms with Crippen molar-refractivity contribution < 1.29 is 31.9 Å². The van der Waals surface area contributed by atoms with E-state index in [1.807, 2.05) is 0 Å². The predicted octanol–water partition coefficient (Wildman–Crippen LogP) is 2.42. The molecule has 1 saturated heterocycles. The Balaban J connectivity index is 1.39. The van der Waals surface area contributed by atoms with Gasteiger partial charge in [0.05, 0.1) is 18.6 Å². The van der Waals surface area contributed by atoms with Crippen LogP contribution in [0.25, 0.3) is 0 Å². The Bertz CT molecular complexity index is 1160. The summed E-state index contributed by atoms with van der Waals surface area (Å²) in [5.74, 6) is 0.179. The van der Waals surface area contributed by atoms with E-state index in [0.717, 1.165) is 4.90 Å². The van der Waals surface area contributed by atoms with E-state index in [9.17, 15) is 22.4 Å². The fourth-order valence-electron chi connectivity index (χ4n) is 4.39. The summed E-state index contributed by atoms with van der Waals surface area (Å²) in [6.45, 7) is 0.0699. The maximum atomic E-state index is 13.2. The van der Waals surface area contributed by atoms with Crippen molar-refractivity contribution in [2.24, 2.45) is 0 Å². The van der Waals surface area contributed by atoms with Crippen LogP contribution in [0.2, 0.25) is 0 Å². The average Bonchev–Trinajstić information content (AvgIpc) is 3.03. The second-order valence-corrected chi connectivity index (χ2v) is 10.1. The molecule has 1 saturated carbocycles. The summed E-state index contributed by atoms with van der Waals surface area (Å²) in [5, 5.41) is 2.78. The summed E-state index contributed by atoms with van der Waals surface area (Å²) in [7, 11) is -2.32. The van der Waals surface area contributed by atoms with Crippen molar-refractivity contribution in [3.8, 4) is 11.5 Å². The molecule has 2 aromatic carbocycles. The Morgan fingerprint density at radius 3 is 2.47 bits per heavy atom. The minimum absolute atomic E-state index is 0.0199. The molecule has 2 aliphatic rings. The number of methoxy groups -OCH3 is 1. The maximum Gasteiger partial charge on any atom is 0.325 e. The van der Waals surface area contributed by atoms with Crippen molar-refractivity contribution in [2.75, 3.05) is 20.3 Å². The van der Waals surface area contributed by atoms with Gasteiger partial charge in [0, 0.05) is 6.04 Å². The summed E-state index contributed by atoms with van der Waals surface area (Å²) >= 11 is 0. The molecule has 0 radical (unpaired) electrons. The largest absolute Gasteiger partial charge is 0.497 e. The summed E-state index contributed by atoms with van der Waals surface area (Å²) in [5.41, 5.74) is -1.15. The number of rotatable bonds is 8. The third-order valence-electron chi connectivity index (χ3n) is 6.09. The van der Waals surface area contributed by atoms with Gasteiger partial charge in [-0.05, 0) is 74.2 Å². The summed E-state index contributed by atoms with van der Waals surface area (Å²) < 4.78 is 51.9. The lowest BCUT2D eigenvalue weighted by atomic mass is 9.79. The first-order valence-corrected chi connectivity index (χ1v) is 12.4. The van der Waals surface area contributed by atoms with Crippen molar-refractivity contribution in [1.29, 1.82) is 0 Å². The van der Waals surface area contributed by atoms with Crippen LogP contribution in [-0.4, -0.2) is 57.1 Å². The number of carbonyl (C=O) groups excluding carboxylic acids is 2. The molecule has 0 bridgehead atoms. The molecule has 3 amide bonds.